The van der Waals surface area contributed by atoms with Crippen molar-refractivity contribution >= 4 is 46.9 Å². The van der Waals surface area contributed by atoms with Crippen LogP contribution in [-0.4, -0.2) is 58.8 Å². The Morgan fingerprint density at radius 2 is 2.15 bits per heavy atom. The predicted octanol–water partition coefficient (Wildman–Crippen LogP) is 2.97. The number of pyridine rings is 1. The van der Waals surface area contributed by atoms with Gasteiger partial charge in [0.2, 0.25) is 0 Å². The number of halogens is 1. The van der Waals surface area contributed by atoms with Gasteiger partial charge in [0, 0.05) is 42.8 Å². The number of piperidine rings is 1. The van der Waals surface area contributed by atoms with Crippen molar-refractivity contribution in [2.45, 2.75) is 52.6 Å². The molecule has 1 fully saturated rings. The van der Waals surface area contributed by atoms with Gasteiger partial charge in [-0.2, -0.15) is 6.08 Å². The molecule has 3 aromatic rings. The maximum atomic E-state index is 15.5. The molecule has 1 saturated heterocycles. The van der Waals surface area contributed by atoms with Gasteiger partial charge < -0.3 is 34.8 Å². The van der Waals surface area contributed by atoms with Gasteiger partial charge in [-0.3, -0.25) is 11.4 Å². The largest absolute Gasteiger partial charge is 1.00 e. The van der Waals surface area contributed by atoms with Gasteiger partial charge >= 0.3 is 24.8 Å². The topological polar surface area (TPSA) is 133 Å². The summed E-state index contributed by atoms with van der Waals surface area (Å²) in [6, 6.07) is 4.96. The van der Waals surface area contributed by atoms with E-state index in [0.29, 0.717) is 53.7 Å². The van der Waals surface area contributed by atoms with Gasteiger partial charge in [0.15, 0.2) is 23.2 Å². The second-order valence-corrected chi connectivity index (χ2v) is 12.0. The Labute approximate surface area is 280 Å². The van der Waals surface area contributed by atoms with Crippen molar-refractivity contribution in [1.82, 2.24) is 15.0 Å². The molecule has 2 aromatic heterocycles. The number of aliphatic imine (C=N–C) groups is 1. The van der Waals surface area contributed by atoms with Crippen LogP contribution in [-0.2, 0) is 9.53 Å². The van der Waals surface area contributed by atoms with Crippen molar-refractivity contribution in [2.75, 3.05) is 29.9 Å². The molecule has 236 valence electrons. The Bertz CT molecular complexity index is 1670. The van der Waals surface area contributed by atoms with Crippen LogP contribution in [0.15, 0.2) is 47.4 Å². The summed E-state index contributed by atoms with van der Waals surface area (Å²) in [5.74, 6) is 1.87. The number of nitrogens with zero attached hydrogens (tertiary/aromatic N) is 6. The first-order valence-electron chi connectivity index (χ1n) is 14.7. The van der Waals surface area contributed by atoms with Crippen molar-refractivity contribution in [3.05, 3.63) is 65.8 Å². The summed E-state index contributed by atoms with van der Waals surface area (Å²) in [5.41, 5.74) is 0.923. The van der Waals surface area contributed by atoms with Crippen LogP contribution in [0.25, 0.3) is 16.4 Å². The maximum absolute atomic E-state index is 15.5. The summed E-state index contributed by atoms with van der Waals surface area (Å²) in [7, 11) is 0. The maximum Gasteiger partial charge on any atom is 1.00 e. The molecule has 2 bridgehead atoms. The molecule has 2 atom stereocenters. The van der Waals surface area contributed by atoms with Crippen LogP contribution in [0.3, 0.4) is 0 Å². The fourth-order valence-corrected chi connectivity index (χ4v) is 5.49. The van der Waals surface area contributed by atoms with E-state index in [1.165, 1.54) is 24.5 Å². The van der Waals surface area contributed by atoms with Gasteiger partial charge in [0.1, 0.15) is 23.2 Å². The summed E-state index contributed by atoms with van der Waals surface area (Å²) in [6.07, 6.45) is 8.87. The number of nitrogens with one attached hydrogen (secondary N) is 1. The molecule has 2 aliphatic rings. The van der Waals surface area contributed by atoms with E-state index in [-0.39, 0.29) is 53.5 Å². The van der Waals surface area contributed by atoms with Crippen LogP contribution in [0.4, 0.5) is 21.7 Å². The average Bonchev–Trinajstić information content (AvgIpc) is 3.14. The molecular weight excluding hydrogens is 584 g/mol. The first-order chi connectivity index (χ1) is 21.6. The van der Waals surface area contributed by atoms with E-state index in [9.17, 15) is 4.79 Å². The van der Waals surface area contributed by atoms with E-state index >= 15 is 4.39 Å². The van der Waals surface area contributed by atoms with E-state index in [1.54, 1.807) is 13.0 Å². The molecule has 0 aliphatic carbocycles. The van der Waals surface area contributed by atoms with Gasteiger partial charge in [-0.05, 0) is 58.6 Å². The average molecular weight is 620 g/mol. The number of ether oxygens (including phenoxy) is 3. The van der Waals surface area contributed by atoms with Crippen LogP contribution >= 0.6 is 0 Å². The zero-order chi connectivity index (χ0) is 32.1. The van der Waals surface area contributed by atoms with Crippen LogP contribution < -0.4 is 38.6 Å². The summed E-state index contributed by atoms with van der Waals surface area (Å²) in [4.78, 5) is 31.6. The summed E-state index contributed by atoms with van der Waals surface area (Å²) in [5, 5.41) is 11.7. The molecule has 0 amide bonds. The Morgan fingerprint density at radius 3 is 2.89 bits per heavy atom. The number of carbonyl (C=O) groups is 1. The Kier molecular flexibility index (Phi) is 11.2. The fraction of sp³-hybridized carbons (Fsp3) is 0.394. The minimum absolute atomic E-state index is 0. The number of fused-ring (bicyclic) bond motifs is 5. The molecule has 13 heteroatoms. The predicted molar refractivity (Wildman–Crippen MR) is 171 cm³/mol. The number of aromatic nitrogens is 3. The fourth-order valence-electron chi connectivity index (χ4n) is 5.49. The van der Waals surface area contributed by atoms with E-state index < -0.39 is 11.4 Å². The number of hydrogen-bond donors (Lipinski definition) is 1. The number of hydrogen-bond acceptors (Lipinski definition) is 9. The molecule has 4 heterocycles. The SMILES string of the molecule is [CH-]=C/C(=C\[C-]=NC=[N-])Oc1ccc(Nc2ncnc3cc4c(nc23)N2CCC(CCC(=O)OC(C)(C)C)[C@H](CO4)C2)c(F)c1C.[Li+]. The molecule has 0 spiro atoms. The molecule has 2 aliphatic heterocycles. The first-order valence-corrected chi connectivity index (χ1v) is 14.7. The quantitative estimate of drug-likeness (QED) is 0.0692. The molecule has 1 aromatic carbocycles. The van der Waals surface area contributed by atoms with Gasteiger partial charge in [0.25, 0.3) is 0 Å². The number of benzene rings is 1. The summed E-state index contributed by atoms with van der Waals surface area (Å²) >= 11 is 0. The zero-order valence-corrected chi connectivity index (χ0v) is 26.7. The van der Waals surface area contributed by atoms with E-state index in [1.807, 2.05) is 26.8 Å². The number of anilines is 3. The minimum atomic E-state index is -0.550. The van der Waals surface area contributed by atoms with E-state index in [4.69, 9.17) is 31.2 Å². The Hall–Kier alpha value is -4.27. The van der Waals surface area contributed by atoms with Crippen molar-refractivity contribution in [1.29, 1.82) is 0 Å². The second-order valence-electron chi connectivity index (χ2n) is 12.0. The van der Waals surface area contributed by atoms with Crippen LogP contribution in [0.2, 0.25) is 0 Å². The van der Waals surface area contributed by atoms with Crippen LogP contribution in [0, 0.1) is 31.2 Å². The Balaban J connectivity index is 0.00000480. The third-order valence-electron chi connectivity index (χ3n) is 7.66. The third kappa shape index (κ3) is 8.11. The van der Waals surface area contributed by atoms with Gasteiger partial charge in [-0.15, -0.1) is 6.08 Å². The van der Waals surface area contributed by atoms with E-state index in [2.05, 4.69) is 31.4 Å². The summed E-state index contributed by atoms with van der Waals surface area (Å²) < 4.78 is 33.0. The smallest absolute Gasteiger partial charge is 0.577 e. The molecule has 1 unspecified atom stereocenters. The molecule has 5 rings (SSSR count). The van der Waals surface area contributed by atoms with Crippen molar-refractivity contribution in [2.24, 2.45) is 16.8 Å². The Morgan fingerprint density at radius 1 is 1.35 bits per heavy atom. The van der Waals surface area contributed by atoms with Crippen molar-refractivity contribution < 1.29 is 42.3 Å². The number of carbonyl (C=O) groups excluding carboxylic acids is 1. The minimum Gasteiger partial charge on any atom is -0.577 e. The molecule has 11 nitrogen and oxygen atoms in total. The van der Waals surface area contributed by atoms with Crippen molar-refractivity contribution in [3.63, 3.8) is 0 Å². The standard InChI is InChI=1S/C33H35FN7O4.Li/c1-6-23(11-13-36-18-35)44-26-9-8-24(29(34)20(26)2)39-31-30-25(37-19-38-31)15-27-32(40-30)41-14-12-21(22(16-41)17-43-27)7-10-28(42)45-33(3,4)5;/h1,6,8-9,11,15,18-19,21-22H,7,10,12,14,16-17H2,2-5H3,(H,37,38,39);/q-3;+1/b23-11+;/t21?,22-;/m0./s1. The van der Waals surface area contributed by atoms with Crippen LogP contribution in [0.5, 0.6) is 11.5 Å². The molecular formula is C33H35FLiN7O4-2. The summed E-state index contributed by atoms with van der Waals surface area (Å²) in [6.45, 7) is 14.8. The molecule has 0 saturated carbocycles. The van der Waals surface area contributed by atoms with Crippen LogP contribution in [0.1, 0.15) is 45.6 Å². The molecule has 0 radical (unpaired) electrons. The monoisotopic (exact) mass is 619 g/mol. The normalized spacial score (nSPS) is 17.8. The van der Waals surface area contributed by atoms with Gasteiger partial charge in [-0.1, -0.05) is 0 Å². The van der Waals surface area contributed by atoms with Gasteiger partial charge in [0.05, 0.1) is 17.8 Å². The number of allylic oxidation sites excluding steroid dienone is 2. The number of esters is 1. The second kappa shape index (κ2) is 14.9. The van der Waals surface area contributed by atoms with Gasteiger partial charge in [-0.25, -0.2) is 31.9 Å². The third-order valence-corrected chi connectivity index (χ3v) is 7.66. The molecule has 46 heavy (non-hydrogen) atoms. The van der Waals surface area contributed by atoms with Crippen molar-refractivity contribution in [3.8, 4) is 11.5 Å². The first kappa shape index (κ1) is 34.6. The molecule has 1 N–H and O–H groups in total. The van der Waals surface area contributed by atoms with E-state index in [0.717, 1.165) is 25.9 Å². The number of rotatable bonds is 10. The zero-order valence-electron chi connectivity index (χ0n) is 26.7.